The van der Waals surface area contributed by atoms with Crippen LogP contribution >= 0.6 is 15.9 Å². The van der Waals surface area contributed by atoms with Crippen LogP contribution in [0, 0.1) is 0 Å². The summed E-state index contributed by atoms with van der Waals surface area (Å²) in [4.78, 5) is 24.7. The van der Waals surface area contributed by atoms with E-state index in [1.165, 1.54) is 7.11 Å². The highest BCUT2D eigenvalue weighted by molar-refractivity contribution is 9.10. The first-order valence-corrected chi connectivity index (χ1v) is 8.09. The number of allylic oxidation sites excluding steroid dienone is 1. The van der Waals surface area contributed by atoms with E-state index < -0.39 is 17.9 Å². The Kier molecular flexibility index (Phi) is 5.66. The third kappa shape index (κ3) is 3.46. The van der Waals surface area contributed by atoms with Crippen LogP contribution in [-0.2, 0) is 23.8 Å². The lowest BCUT2D eigenvalue weighted by atomic mass is 9.82. The van der Waals surface area contributed by atoms with Crippen LogP contribution in [0.25, 0.3) is 0 Å². The van der Waals surface area contributed by atoms with Gasteiger partial charge >= 0.3 is 11.9 Å². The molecule has 1 heterocycles. The van der Waals surface area contributed by atoms with Crippen molar-refractivity contribution in [1.29, 1.82) is 0 Å². The van der Waals surface area contributed by atoms with Crippen LogP contribution in [0.3, 0.4) is 0 Å². The maximum absolute atomic E-state index is 12.5. The lowest BCUT2D eigenvalue weighted by molar-refractivity contribution is -0.139. The standard InChI is InChI=1S/C17H18BrNO5/c1-4-23-17(21)12-9(2)24-15(19)14(16(20)22-3)13(12)10-6-5-7-11(18)8-10/h5-8,13H,4,19H2,1-3H3. The first kappa shape index (κ1) is 18.1. The van der Waals surface area contributed by atoms with E-state index in [0.29, 0.717) is 11.3 Å². The van der Waals surface area contributed by atoms with Crippen LogP contribution in [0.2, 0.25) is 0 Å². The number of rotatable bonds is 4. The van der Waals surface area contributed by atoms with Gasteiger partial charge in [0.25, 0.3) is 0 Å². The zero-order valence-corrected chi connectivity index (χ0v) is 15.2. The van der Waals surface area contributed by atoms with Gasteiger partial charge < -0.3 is 19.9 Å². The summed E-state index contributed by atoms with van der Waals surface area (Å²) in [6.07, 6.45) is 0. The molecule has 2 N–H and O–H groups in total. The minimum atomic E-state index is -0.734. The van der Waals surface area contributed by atoms with Gasteiger partial charge in [0.2, 0.25) is 5.88 Å². The van der Waals surface area contributed by atoms with Crippen molar-refractivity contribution in [2.75, 3.05) is 13.7 Å². The average molecular weight is 396 g/mol. The van der Waals surface area contributed by atoms with Crippen molar-refractivity contribution in [3.05, 3.63) is 57.1 Å². The summed E-state index contributed by atoms with van der Waals surface area (Å²) in [7, 11) is 1.25. The van der Waals surface area contributed by atoms with Gasteiger partial charge in [-0.2, -0.15) is 0 Å². The van der Waals surface area contributed by atoms with Gasteiger partial charge in [-0.25, -0.2) is 9.59 Å². The van der Waals surface area contributed by atoms with Crippen molar-refractivity contribution in [2.45, 2.75) is 19.8 Å². The van der Waals surface area contributed by atoms with Gasteiger partial charge in [-0.1, -0.05) is 28.1 Å². The quantitative estimate of drug-likeness (QED) is 0.788. The van der Waals surface area contributed by atoms with Crippen molar-refractivity contribution in [2.24, 2.45) is 5.73 Å². The molecule has 1 aliphatic heterocycles. The number of hydrogen-bond donors (Lipinski definition) is 1. The predicted molar refractivity (Wildman–Crippen MR) is 90.5 cm³/mol. The summed E-state index contributed by atoms with van der Waals surface area (Å²) in [6, 6.07) is 7.24. The number of esters is 2. The number of carbonyl (C=O) groups is 2. The number of nitrogens with two attached hydrogens (primary N) is 1. The van der Waals surface area contributed by atoms with E-state index in [2.05, 4.69) is 15.9 Å². The molecule has 1 aromatic carbocycles. The van der Waals surface area contributed by atoms with E-state index in [1.54, 1.807) is 32.0 Å². The molecule has 0 aromatic heterocycles. The van der Waals surface area contributed by atoms with Gasteiger partial charge in [0, 0.05) is 4.47 Å². The molecule has 128 valence electrons. The van der Waals surface area contributed by atoms with Crippen LogP contribution in [0.1, 0.15) is 25.3 Å². The second-order valence-electron chi connectivity index (χ2n) is 5.05. The lowest BCUT2D eigenvalue weighted by Gasteiger charge is -2.28. The molecular weight excluding hydrogens is 378 g/mol. The number of methoxy groups -OCH3 is 1. The molecule has 1 atom stereocenters. The fraction of sp³-hybridized carbons (Fsp3) is 0.294. The zero-order chi connectivity index (χ0) is 17.9. The Morgan fingerprint density at radius 3 is 2.58 bits per heavy atom. The number of halogens is 1. The summed E-state index contributed by atoms with van der Waals surface area (Å²) in [5.41, 5.74) is 6.90. The van der Waals surface area contributed by atoms with E-state index in [0.717, 1.165) is 4.47 Å². The number of ether oxygens (including phenoxy) is 3. The second-order valence-corrected chi connectivity index (χ2v) is 5.97. The van der Waals surface area contributed by atoms with Gasteiger partial charge in [0.1, 0.15) is 11.3 Å². The molecule has 7 heteroatoms. The van der Waals surface area contributed by atoms with Crippen molar-refractivity contribution < 1.29 is 23.8 Å². The fourth-order valence-corrected chi connectivity index (χ4v) is 3.00. The van der Waals surface area contributed by atoms with Crippen LogP contribution in [0.15, 0.2) is 51.5 Å². The third-order valence-corrected chi connectivity index (χ3v) is 4.06. The molecule has 1 aromatic rings. The molecule has 1 aliphatic rings. The average Bonchev–Trinajstić information content (AvgIpc) is 2.53. The van der Waals surface area contributed by atoms with E-state index in [1.807, 2.05) is 6.07 Å². The predicted octanol–water partition coefficient (Wildman–Crippen LogP) is 2.74. The van der Waals surface area contributed by atoms with Crippen LogP contribution in [-0.4, -0.2) is 25.7 Å². The fourth-order valence-electron chi connectivity index (χ4n) is 2.58. The first-order chi connectivity index (χ1) is 11.4. The maximum atomic E-state index is 12.5. The maximum Gasteiger partial charge on any atom is 0.340 e. The van der Waals surface area contributed by atoms with E-state index in [9.17, 15) is 9.59 Å². The Morgan fingerprint density at radius 1 is 1.29 bits per heavy atom. The highest BCUT2D eigenvalue weighted by atomic mass is 79.9. The molecule has 0 fully saturated rings. The Morgan fingerprint density at radius 2 is 2.00 bits per heavy atom. The van der Waals surface area contributed by atoms with Crippen LogP contribution < -0.4 is 5.73 Å². The topological polar surface area (TPSA) is 87.9 Å². The lowest BCUT2D eigenvalue weighted by Crippen LogP contribution is -2.29. The minimum Gasteiger partial charge on any atom is -0.465 e. The Hall–Kier alpha value is -2.28. The van der Waals surface area contributed by atoms with E-state index in [4.69, 9.17) is 19.9 Å². The molecule has 24 heavy (non-hydrogen) atoms. The Balaban J connectivity index is 2.66. The van der Waals surface area contributed by atoms with Crippen LogP contribution in [0.5, 0.6) is 0 Å². The van der Waals surface area contributed by atoms with E-state index in [-0.39, 0.29) is 23.6 Å². The van der Waals surface area contributed by atoms with Crippen molar-refractivity contribution >= 4 is 27.9 Å². The molecule has 0 saturated carbocycles. The molecule has 0 saturated heterocycles. The normalized spacial score (nSPS) is 17.4. The van der Waals surface area contributed by atoms with Crippen molar-refractivity contribution in [3.63, 3.8) is 0 Å². The van der Waals surface area contributed by atoms with Gasteiger partial charge in [-0.3, -0.25) is 0 Å². The van der Waals surface area contributed by atoms with Gasteiger partial charge in [-0.05, 0) is 31.5 Å². The van der Waals surface area contributed by atoms with Gasteiger partial charge in [-0.15, -0.1) is 0 Å². The molecule has 0 aliphatic carbocycles. The highest BCUT2D eigenvalue weighted by Crippen LogP contribution is 2.40. The summed E-state index contributed by atoms with van der Waals surface area (Å²) in [6.45, 7) is 3.52. The monoisotopic (exact) mass is 395 g/mol. The molecular formula is C17H18BrNO5. The Labute approximate surface area is 148 Å². The summed E-state index contributed by atoms with van der Waals surface area (Å²) < 4.78 is 16.2. The Bertz CT molecular complexity index is 738. The smallest absolute Gasteiger partial charge is 0.340 e. The minimum absolute atomic E-state index is 0.0734. The molecule has 2 rings (SSSR count). The summed E-state index contributed by atoms with van der Waals surface area (Å²) in [5.74, 6) is -1.75. The molecule has 0 amide bonds. The SMILES string of the molecule is CCOC(=O)C1=C(C)OC(N)=C(C(=O)OC)C1c1cccc(Br)c1. The van der Waals surface area contributed by atoms with Gasteiger partial charge in [0.05, 0.1) is 25.2 Å². The first-order valence-electron chi connectivity index (χ1n) is 7.29. The van der Waals surface area contributed by atoms with E-state index >= 15 is 0 Å². The van der Waals surface area contributed by atoms with Crippen molar-refractivity contribution in [1.82, 2.24) is 0 Å². The summed E-state index contributed by atoms with van der Waals surface area (Å²) >= 11 is 3.39. The van der Waals surface area contributed by atoms with Gasteiger partial charge in [0.15, 0.2) is 0 Å². The molecule has 6 nitrogen and oxygen atoms in total. The third-order valence-electron chi connectivity index (χ3n) is 3.57. The molecule has 0 bridgehead atoms. The molecule has 0 radical (unpaired) electrons. The second kappa shape index (κ2) is 7.53. The number of hydrogen-bond acceptors (Lipinski definition) is 6. The number of benzene rings is 1. The zero-order valence-electron chi connectivity index (χ0n) is 13.6. The molecule has 0 spiro atoms. The van der Waals surface area contributed by atoms with Crippen LogP contribution in [0.4, 0.5) is 0 Å². The van der Waals surface area contributed by atoms with Crippen molar-refractivity contribution in [3.8, 4) is 0 Å². The molecule has 1 unspecified atom stereocenters. The number of carbonyl (C=O) groups excluding carboxylic acids is 2. The highest BCUT2D eigenvalue weighted by Gasteiger charge is 2.39. The summed E-state index contributed by atoms with van der Waals surface area (Å²) in [5, 5.41) is 0. The largest absolute Gasteiger partial charge is 0.465 e.